The first-order chi connectivity index (χ1) is 8.51. The highest BCUT2D eigenvalue weighted by atomic mass is 32.2. The lowest BCUT2D eigenvalue weighted by molar-refractivity contribution is 0.0696. The summed E-state index contributed by atoms with van der Waals surface area (Å²) in [5, 5.41) is 20.4. The number of hydrogen-bond acceptors (Lipinski definition) is 5. The summed E-state index contributed by atoms with van der Waals surface area (Å²) in [5.41, 5.74) is 1.54. The van der Waals surface area contributed by atoms with Gasteiger partial charge in [-0.3, -0.25) is 0 Å². The molecular formula is C12H19N3O2S. The van der Waals surface area contributed by atoms with Crippen LogP contribution in [-0.4, -0.2) is 39.3 Å². The van der Waals surface area contributed by atoms with Crippen molar-refractivity contribution >= 4 is 23.5 Å². The molecule has 0 aliphatic heterocycles. The third kappa shape index (κ3) is 3.35. The number of aromatic carboxylic acids is 1. The van der Waals surface area contributed by atoms with Gasteiger partial charge in [0.2, 0.25) is 0 Å². The lowest BCUT2D eigenvalue weighted by Gasteiger charge is -2.18. The van der Waals surface area contributed by atoms with Crippen LogP contribution in [0.2, 0.25) is 0 Å². The lowest BCUT2D eigenvalue weighted by Crippen LogP contribution is -2.24. The Morgan fingerprint density at radius 2 is 2.11 bits per heavy atom. The van der Waals surface area contributed by atoms with E-state index in [4.69, 9.17) is 0 Å². The molecule has 1 rings (SSSR count). The molecule has 0 fully saturated rings. The van der Waals surface area contributed by atoms with Crippen LogP contribution in [-0.2, 0) is 0 Å². The van der Waals surface area contributed by atoms with Crippen molar-refractivity contribution in [2.45, 2.75) is 33.2 Å². The summed E-state index contributed by atoms with van der Waals surface area (Å²) in [6.07, 6.45) is 2.93. The fraction of sp³-hybridized carbons (Fsp3) is 0.583. The van der Waals surface area contributed by atoms with Gasteiger partial charge < -0.3 is 10.4 Å². The Balaban J connectivity index is 3.08. The number of carboxylic acid groups (broad SMARTS) is 1. The van der Waals surface area contributed by atoms with Gasteiger partial charge in [0.15, 0.2) is 5.82 Å². The van der Waals surface area contributed by atoms with Gasteiger partial charge in [0.25, 0.3) is 0 Å². The van der Waals surface area contributed by atoms with Gasteiger partial charge in [-0.15, -0.1) is 5.10 Å². The fourth-order valence-corrected chi connectivity index (χ4v) is 2.35. The average Bonchev–Trinajstić information content (AvgIpc) is 2.32. The first kappa shape index (κ1) is 14.8. The second-order valence-electron chi connectivity index (χ2n) is 4.14. The topological polar surface area (TPSA) is 75.1 Å². The van der Waals surface area contributed by atoms with E-state index < -0.39 is 5.97 Å². The van der Waals surface area contributed by atoms with Gasteiger partial charge in [-0.05, 0) is 32.1 Å². The Hall–Kier alpha value is -1.30. The molecule has 100 valence electrons. The number of hydrogen-bond donors (Lipinski definition) is 2. The Labute approximate surface area is 111 Å². The Bertz CT molecular complexity index is 438. The van der Waals surface area contributed by atoms with E-state index in [2.05, 4.69) is 22.4 Å². The van der Waals surface area contributed by atoms with Gasteiger partial charge >= 0.3 is 5.97 Å². The number of aryl methyl sites for hydroxylation is 1. The number of carboxylic acids is 1. The average molecular weight is 269 g/mol. The molecule has 0 radical (unpaired) electrons. The molecule has 1 atom stereocenters. The minimum absolute atomic E-state index is 0.203. The van der Waals surface area contributed by atoms with E-state index in [1.807, 2.05) is 6.26 Å². The van der Waals surface area contributed by atoms with Crippen LogP contribution in [0, 0.1) is 13.8 Å². The van der Waals surface area contributed by atoms with Crippen molar-refractivity contribution in [2.24, 2.45) is 0 Å². The van der Waals surface area contributed by atoms with Gasteiger partial charge in [-0.2, -0.15) is 16.9 Å². The number of nitrogens with zero attached hydrogens (tertiary/aromatic N) is 2. The summed E-state index contributed by atoms with van der Waals surface area (Å²) >= 11 is 1.72. The Morgan fingerprint density at radius 1 is 1.44 bits per heavy atom. The maximum Gasteiger partial charge on any atom is 0.339 e. The van der Waals surface area contributed by atoms with Gasteiger partial charge in [0, 0.05) is 11.8 Å². The summed E-state index contributed by atoms with van der Waals surface area (Å²) in [4.78, 5) is 11.3. The Morgan fingerprint density at radius 3 is 2.61 bits per heavy atom. The van der Waals surface area contributed by atoms with E-state index in [1.165, 1.54) is 0 Å². The highest BCUT2D eigenvalue weighted by Gasteiger charge is 2.19. The zero-order chi connectivity index (χ0) is 13.7. The van der Waals surface area contributed by atoms with E-state index in [1.54, 1.807) is 25.6 Å². The van der Waals surface area contributed by atoms with Crippen LogP contribution >= 0.6 is 11.8 Å². The lowest BCUT2D eigenvalue weighted by atomic mass is 10.1. The summed E-state index contributed by atoms with van der Waals surface area (Å²) in [7, 11) is 0. The molecule has 5 nitrogen and oxygen atoms in total. The number of nitrogens with one attached hydrogen (secondary N) is 1. The molecule has 0 amide bonds. The van der Waals surface area contributed by atoms with Crippen LogP contribution in [0.3, 0.4) is 0 Å². The first-order valence-corrected chi connectivity index (χ1v) is 7.23. The molecule has 2 N–H and O–H groups in total. The maximum absolute atomic E-state index is 11.3. The SMILES string of the molecule is CCC(CSC)Nc1nnc(C)c(C)c1C(=O)O. The normalized spacial score (nSPS) is 12.2. The molecule has 0 saturated carbocycles. The minimum atomic E-state index is -0.966. The first-order valence-electron chi connectivity index (χ1n) is 5.83. The molecule has 18 heavy (non-hydrogen) atoms. The third-order valence-electron chi connectivity index (χ3n) is 2.87. The molecule has 0 bridgehead atoms. The Kier molecular flexibility index (Phi) is 5.40. The van der Waals surface area contributed by atoms with Crippen molar-refractivity contribution in [1.29, 1.82) is 0 Å². The summed E-state index contributed by atoms with van der Waals surface area (Å²) in [6, 6.07) is 0.203. The van der Waals surface area contributed by atoms with Crippen LogP contribution in [0.25, 0.3) is 0 Å². The molecule has 1 aromatic heterocycles. The van der Waals surface area contributed by atoms with E-state index in [9.17, 15) is 9.90 Å². The highest BCUT2D eigenvalue weighted by molar-refractivity contribution is 7.98. The van der Waals surface area contributed by atoms with Crippen LogP contribution in [0.15, 0.2) is 0 Å². The van der Waals surface area contributed by atoms with Crippen LogP contribution in [0.1, 0.15) is 35.0 Å². The quantitative estimate of drug-likeness (QED) is 0.825. The van der Waals surface area contributed by atoms with Crippen LogP contribution in [0.5, 0.6) is 0 Å². The molecule has 1 aromatic rings. The number of rotatable bonds is 6. The molecule has 0 spiro atoms. The summed E-state index contributed by atoms with van der Waals surface area (Å²) in [5.74, 6) is 0.308. The molecule has 1 heterocycles. The van der Waals surface area contributed by atoms with E-state index in [-0.39, 0.29) is 11.6 Å². The molecular weight excluding hydrogens is 250 g/mol. The highest BCUT2D eigenvalue weighted by Crippen LogP contribution is 2.20. The van der Waals surface area contributed by atoms with Crippen LogP contribution < -0.4 is 5.32 Å². The zero-order valence-corrected chi connectivity index (χ0v) is 12.0. The monoisotopic (exact) mass is 269 g/mol. The molecule has 0 aromatic carbocycles. The predicted octanol–water partition coefficient (Wildman–Crippen LogP) is 2.35. The summed E-state index contributed by atoms with van der Waals surface area (Å²) < 4.78 is 0. The van der Waals surface area contributed by atoms with Gasteiger partial charge in [-0.1, -0.05) is 6.92 Å². The fourth-order valence-electron chi connectivity index (χ4n) is 1.63. The number of thioether (sulfide) groups is 1. The van der Waals surface area contributed by atoms with Crippen molar-refractivity contribution in [3.05, 3.63) is 16.8 Å². The van der Waals surface area contributed by atoms with Crippen LogP contribution in [0.4, 0.5) is 5.82 Å². The van der Waals surface area contributed by atoms with Crippen molar-refractivity contribution in [3.8, 4) is 0 Å². The standard InChI is InChI=1S/C12H19N3O2S/c1-5-9(6-18-4)13-11-10(12(16)17)7(2)8(3)14-15-11/h9H,5-6H2,1-4H3,(H,13,15)(H,16,17). The maximum atomic E-state index is 11.3. The van der Waals surface area contributed by atoms with E-state index in [0.29, 0.717) is 17.1 Å². The second-order valence-corrected chi connectivity index (χ2v) is 5.05. The zero-order valence-electron chi connectivity index (χ0n) is 11.1. The largest absolute Gasteiger partial charge is 0.478 e. The van der Waals surface area contributed by atoms with Gasteiger partial charge in [-0.25, -0.2) is 4.79 Å². The second kappa shape index (κ2) is 6.58. The van der Waals surface area contributed by atoms with E-state index >= 15 is 0 Å². The summed E-state index contributed by atoms with van der Waals surface area (Å²) in [6.45, 7) is 5.58. The molecule has 6 heteroatoms. The van der Waals surface area contributed by atoms with Gasteiger partial charge in [0.1, 0.15) is 5.56 Å². The van der Waals surface area contributed by atoms with Crippen molar-refractivity contribution in [1.82, 2.24) is 10.2 Å². The van der Waals surface area contributed by atoms with Crippen molar-refractivity contribution in [2.75, 3.05) is 17.3 Å². The van der Waals surface area contributed by atoms with Crippen molar-refractivity contribution in [3.63, 3.8) is 0 Å². The van der Waals surface area contributed by atoms with Crippen molar-refractivity contribution < 1.29 is 9.90 Å². The number of aromatic nitrogens is 2. The van der Waals surface area contributed by atoms with Gasteiger partial charge in [0.05, 0.1) is 5.69 Å². The number of carbonyl (C=O) groups is 1. The molecule has 0 aliphatic rings. The molecule has 0 aliphatic carbocycles. The molecule has 0 saturated heterocycles. The smallest absolute Gasteiger partial charge is 0.339 e. The minimum Gasteiger partial charge on any atom is -0.478 e. The predicted molar refractivity (Wildman–Crippen MR) is 74.5 cm³/mol. The van der Waals surface area contributed by atoms with E-state index in [0.717, 1.165) is 12.2 Å². The third-order valence-corrected chi connectivity index (χ3v) is 3.61. The molecule has 1 unspecified atom stereocenters. The number of anilines is 1.